The lowest BCUT2D eigenvalue weighted by atomic mass is 10.0. The summed E-state index contributed by atoms with van der Waals surface area (Å²) in [4.78, 5) is 2.37. The van der Waals surface area contributed by atoms with Crippen molar-refractivity contribution >= 4 is 23.2 Å². The maximum Gasteiger partial charge on any atom is 0.0497 e. The van der Waals surface area contributed by atoms with Crippen LogP contribution in [0.1, 0.15) is 37.9 Å². The van der Waals surface area contributed by atoms with E-state index in [0.29, 0.717) is 11.6 Å². The van der Waals surface area contributed by atoms with Crippen molar-refractivity contribution in [3.63, 3.8) is 0 Å². The summed E-state index contributed by atoms with van der Waals surface area (Å²) >= 11 is 12.3. The SMILES string of the molecule is CC(C)(C)N1Cc2cc(Cl)cc(Cl)c2C1CN. The molecule has 2 rings (SSSR count). The first-order chi connectivity index (χ1) is 7.84. The van der Waals surface area contributed by atoms with Crippen molar-refractivity contribution in [3.8, 4) is 0 Å². The lowest BCUT2D eigenvalue weighted by molar-refractivity contribution is 0.0949. The quantitative estimate of drug-likeness (QED) is 0.847. The van der Waals surface area contributed by atoms with E-state index in [-0.39, 0.29) is 11.6 Å². The number of fused-ring (bicyclic) bond motifs is 1. The van der Waals surface area contributed by atoms with Crippen LogP contribution in [0.25, 0.3) is 0 Å². The van der Waals surface area contributed by atoms with Gasteiger partial charge in [-0.3, -0.25) is 4.90 Å². The summed E-state index contributed by atoms with van der Waals surface area (Å²) in [5.74, 6) is 0. The zero-order chi connectivity index (χ0) is 12.8. The molecular formula is C13H18Cl2N2. The molecule has 1 atom stereocenters. The molecular weight excluding hydrogens is 255 g/mol. The third-order valence-electron chi connectivity index (χ3n) is 3.32. The first-order valence-corrected chi connectivity index (χ1v) is 6.55. The summed E-state index contributed by atoms with van der Waals surface area (Å²) in [6.45, 7) is 8.01. The third kappa shape index (κ3) is 2.32. The second-order valence-corrected chi connectivity index (χ2v) is 6.35. The highest BCUT2D eigenvalue weighted by molar-refractivity contribution is 6.35. The Bertz CT molecular complexity index is 438. The van der Waals surface area contributed by atoms with Crippen molar-refractivity contribution in [2.75, 3.05) is 6.54 Å². The Balaban J connectivity index is 2.49. The van der Waals surface area contributed by atoms with Gasteiger partial charge in [0, 0.05) is 34.7 Å². The van der Waals surface area contributed by atoms with Crippen LogP contribution in [-0.2, 0) is 6.54 Å². The molecule has 0 spiro atoms. The van der Waals surface area contributed by atoms with Gasteiger partial charge in [0.1, 0.15) is 0 Å². The fourth-order valence-corrected chi connectivity index (χ4v) is 3.20. The second-order valence-electron chi connectivity index (χ2n) is 5.51. The summed E-state index contributed by atoms with van der Waals surface area (Å²) in [6.07, 6.45) is 0. The molecule has 1 aliphatic rings. The highest BCUT2D eigenvalue weighted by Gasteiger charge is 2.37. The first kappa shape index (κ1) is 13.2. The van der Waals surface area contributed by atoms with Gasteiger partial charge < -0.3 is 5.73 Å². The van der Waals surface area contributed by atoms with Gasteiger partial charge in [-0.15, -0.1) is 0 Å². The van der Waals surface area contributed by atoms with Crippen LogP contribution >= 0.6 is 23.2 Å². The van der Waals surface area contributed by atoms with E-state index in [9.17, 15) is 0 Å². The average molecular weight is 273 g/mol. The van der Waals surface area contributed by atoms with Gasteiger partial charge in [-0.2, -0.15) is 0 Å². The van der Waals surface area contributed by atoms with Crippen LogP contribution in [0.3, 0.4) is 0 Å². The Morgan fingerprint density at radius 2 is 2.00 bits per heavy atom. The molecule has 1 aromatic carbocycles. The molecule has 0 aromatic heterocycles. The molecule has 17 heavy (non-hydrogen) atoms. The molecule has 1 unspecified atom stereocenters. The Morgan fingerprint density at radius 3 is 2.53 bits per heavy atom. The molecule has 94 valence electrons. The van der Waals surface area contributed by atoms with Crippen molar-refractivity contribution in [3.05, 3.63) is 33.3 Å². The van der Waals surface area contributed by atoms with Crippen LogP contribution in [-0.4, -0.2) is 17.0 Å². The van der Waals surface area contributed by atoms with Gasteiger partial charge in [0.25, 0.3) is 0 Å². The van der Waals surface area contributed by atoms with E-state index < -0.39 is 0 Å². The number of hydrogen-bond donors (Lipinski definition) is 1. The lowest BCUT2D eigenvalue weighted by Gasteiger charge is -2.36. The summed E-state index contributed by atoms with van der Waals surface area (Å²) in [5, 5.41) is 1.43. The van der Waals surface area contributed by atoms with Gasteiger partial charge in [0.2, 0.25) is 0 Å². The summed E-state index contributed by atoms with van der Waals surface area (Å²) < 4.78 is 0. The fraction of sp³-hybridized carbons (Fsp3) is 0.538. The average Bonchev–Trinajstić information content (AvgIpc) is 2.55. The van der Waals surface area contributed by atoms with Gasteiger partial charge >= 0.3 is 0 Å². The van der Waals surface area contributed by atoms with E-state index in [0.717, 1.165) is 17.1 Å². The maximum atomic E-state index is 6.30. The largest absolute Gasteiger partial charge is 0.329 e. The number of nitrogens with two attached hydrogens (primary N) is 1. The van der Waals surface area contributed by atoms with Crippen LogP contribution in [0.15, 0.2) is 12.1 Å². The van der Waals surface area contributed by atoms with Crippen LogP contribution in [0.4, 0.5) is 0 Å². The van der Waals surface area contributed by atoms with Gasteiger partial charge in [0.05, 0.1) is 0 Å². The molecule has 1 aromatic rings. The highest BCUT2D eigenvalue weighted by atomic mass is 35.5. The van der Waals surface area contributed by atoms with Gasteiger partial charge in [-0.25, -0.2) is 0 Å². The molecule has 0 saturated heterocycles. The lowest BCUT2D eigenvalue weighted by Crippen LogP contribution is -2.42. The van der Waals surface area contributed by atoms with E-state index in [1.807, 2.05) is 6.07 Å². The van der Waals surface area contributed by atoms with Crippen LogP contribution in [0.2, 0.25) is 10.0 Å². The Morgan fingerprint density at radius 1 is 1.35 bits per heavy atom. The van der Waals surface area contributed by atoms with E-state index in [4.69, 9.17) is 28.9 Å². The fourth-order valence-electron chi connectivity index (χ4n) is 2.54. The molecule has 1 heterocycles. The van der Waals surface area contributed by atoms with Gasteiger partial charge in [-0.05, 0) is 44.0 Å². The van der Waals surface area contributed by atoms with Crippen LogP contribution < -0.4 is 5.73 Å². The Labute approximate surface area is 113 Å². The van der Waals surface area contributed by atoms with Crippen LogP contribution in [0.5, 0.6) is 0 Å². The molecule has 0 fully saturated rings. The standard InChI is InChI=1S/C13H18Cl2N2/c1-13(2,3)17-7-8-4-9(14)5-10(15)12(8)11(17)6-16/h4-5,11H,6-7,16H2,1-3H3. The second kappa shape index (κ2) is 4.43. The minimum atomic E-state index is 0.0683. The monoisotopic (exact) mass is 272 g/mol. The zero-order valence-corrected chi connectivity index (χ0v) is 11.9. The molecule has 0 bridgehead atoms. The molecule has 0 saturated carbocycles. The summed E-state index contributed by atoms with van der Waals surface area (Å²) in [6, 6.07) is 3.99. The van der Waals surface area contributed by atoms with Crippen LogP contribution in [0, 0.1) is 0 Å². The summed E-state index contributed by atoms with van der Waals surface area (Å²) in [5.41, 5.74) is 8.33. The van der Waals surface area contributed by atoms with E-state index in [1.165, 1.54) is 5.56 Å². The predicted octanol–water partition coefficient (Wildman–Crippen LogP) is 3.61. The third-order valence-corrected chi connectivity index (χ3v) is 3.85. The number of hydrogen-bond acceptors (Lipinski definition) is 2. The molecule has 1 aliphatic heterocycles. The molecule has 2 nitrogen and oxygen atoms in total. The molecule has 0 aliphatic carbocycles. The van der Waals surface area contributed by atoms with E-state index >= 15 is 0 Å². The van der Waals surface area contributed by atoms with Crippen molar-refractivity contribution in [2.24, 2.45) is 5.73 Å². The van der Waals surface area contributed by atoms with Crippen molar-refractivity contribution in [1.29, 1.82) is 0 Å². The van der Waals surface area contributed by atoms with Crippen molar-refractivity contribution < 1.29 is 0 Å². The molecule has 0 radical (unpaired) electrons. The zero-order valence-electron chi connectivity index (χ0n) is 10.4. The van der Waals surface area contributed by atoms with E-state index in [2.05, 4.69) is 25.7 Å². The van der Waals surface area contributed by atoms with Gasteiger partial charge in [0.15, 0.2) is 0 Å². The minimum absolute atomic E-state index is 0.0683. The number of nitrogens with zero attached hydrogens (tertiary/aromatic N) is 1. The Hall–Kier alpha value is -0.280. The molecule has 0 amide bonds. The van der Waals surface area contributed by atoms with Crippen molar-refractivity contribution in [1.82, 2.24) is 4.90 Å². The highest BCUT2D eigenvalue weighted by Crippen LogP contribution is 2.42. The molecule has 2 N–H and O–H groups in total. The first-order valence-electron chi connectivity index (χ1n) is 5.79. The number of rotatable bonds is 1. The van der Waals surface area contributed by atoms with Gasteiger partial charge in [-0.1, -0.05) is 23.2 Å². The summed E-state index contributed by atoms with van der Waals surface area (Å²) in [7, 11) is 0. The van der Waals surface area contributed by atoms with E-state index in [1.54, 1.807) is 6.07 Å². The number of halogens is 2. The topological polar surface area (TPSA) is 29.3 Å². The maximum absolute atomic E-state index is 6.30. The molecule has 4 heteroatoms. The minimum Gasteiger partial charge on any atom is -0.329 e. The van der Waals surface area contributed by atoms with Crippen molar-refractivity contribution in [2.45, 2.75) is 38.9 Å². The predicted molar refractivity (Wildman–Crippen MR) is 73.6 cm³/mol. The number of benzene rings is 1. The normalized spacial score (nSPS) is 20.7. The smallest absolute Gasteiger partial charge is 0.0497 e. The Kier molecular flexibility index (Phi) is 3.43.